The summed E-state index contributed by atoms with van der Waals surface area (Å²) in [7, 11) is 0. The van der Waals surface area contributed by atoms with Crippen molar-refractivity contribution in [3.63, 3.8) is 0 Å². The van der Waals surface area contributed by atoms with E-state index in [2.05, 4.69) is 0 Å². The lowest BCUT2D eigenvalue weighted by Crippen LogP contribution is -2.14. The predicted octanol–water partition coefficient (Wildman–Crippen LogP) is 3.23. The Morgan fingerprint density at radius 2 is 1.67 bits per heavy atom. The van der Waals surface area contributed by atoms with Gasteiger partial charge in [0.2, 0.25) is 0 Å². The van der Waals surface area contributed by atoms with E-state index < -0.39 is 17.9 Å². The summed E-state index contributed by atoms with van der Waals surface area (Å²) in [4.78, 5) is 23.3. The number of carbonyl (C=O) groups is 2. The van der Waals surface area contributed by atoms with Crippen LogP contribution in [0.2, 0.25) is 0 Å². The van der Waals surface area contributed by atoms with Crippen LogP contribution in [0.1, 0.15) is 34.3 Å². The lowest BCUT2D eigenvalue weighted by atomic mass is 9.96. The van der Waals surface area contributed by atoms with Gasteiger partial charge in [-0.25, -0.2) is 4.79 Å². The predicted molar refractivity (Wildman–Crippen MR) is 78.1 cm³/mol. The monoisotopic (exact) mass is 284 g/mol. The molecule has 0 heterocycles. The quantitative estimate of drug-likeness (QED) is 0.856. The van der Waals surface area contributed by atoms with Crippen molar-refractivity contribution < 1.29 is 19.4 Å². The van der Waals surface area contributed by atoms with Crippen LogP contribution in [-0.4, -0.2) is 17.0 Å². The molecule has 21 heavy (non-hydrogen) atoms. The number of esters is 1. The molecule has 0 aliphatic rings. The molecule has 0 spiro atoms. The topological polar surface area (TPSA) is 63.6 Å². The number of carboxylic acid groups (broad SMARTS) is 1. The molecule has 4 nitrogen and oxygen atoms in total. The number of hydrogen-bond acceptors (Lipinski definition) is 3. The van der Waals surface area contributed by atoms with Crippen LogP contribution in [0, 0.1) is 0 Å². The first-order valence-electron chi connectivity index (χ1n) is 6.62. The Labute approximate surface area is 123 Å². The highest BCUT2D eigenvalue weighted by Gasteiger charge is 2.21. The summed E-state index contributed by atoms with van der Waals surface area (Å²) < 4.78 is 5.25. The van der Waals surface area contributed by atoms with Crippen molar-refractivity contribution in [1.82, 2.24) is 0 Å². The molecule has 0 radical (unpaired) electrons. The van der Waals surface area contributed by atoms with E-state index >= 15 is 0 Å². The molecule has 108 valence electrons. The first kappa shape index (κ1) is 14.8. The van der Waals surface area contributed by atoms with Crippen LogP contribution in [0.15, 0.2) is 54.6 Å². The van der Waals surface area contributed by atoms with Crippen molar-refractivity contribution in [3.05, 3.63) is 71.3 Å². The molecule has 2 aromatic rings. The maximum absolute atomic E-state index is 12.2. The summed E-state index contributed by atoms with van der Waals surface area (Å²) >= 11 is 0. The molecule has 0 aromatic heterocycles. The van der Waals surface area contributed by atoms with Crippen LogP contribution in [-0.2, 0) is 16.1 Å². The average Bonchev–Trinajstić information content (AvgIpc) is 2.52. The molecule has 0 amide bonds. The Balaban J connectivity index is 2.14. The number of rotatable bonds is 5. The average molecular weight is 284 g/mol. The van der Waals surface area contributed by atoms with Gasteiger partial charge in [-0.05, 0) is 24.1 Å². The van der Waals surface area contributed by atoms with E-state index in [0.717, 1.165) is 5.56 Å². The lowest BCUT2D eigenvalue weighted by molar-refractivity contribution is -0.138. The lowest BCUT2D eigenvalue weighted by Gasteiger charge is -2.12. The zero-order valence-corrected chi connectivity index (χ0v) is 11.7. The maximum atomic E-state index is 12.2. The first-order valence-corrected chi connectivity index (χ1v) is 6.62. The van der Waals surface area contributed by atoms with Gasteiger partial charge in [0.1, 0.15) is 6.61 Å². The van der Waals surface area contributed by atoms with Gasteiger partial charge in [0.15, 0.2) is 0 Å². The normalized spacial score (nSPS) is 11.7. The molecule has 1 unspecified atom stereocenters. The third-order valence-electron chi connectivity index (χ3n) is 3.23. The van der Waals surface area contributed by atoms with Crippen molar-refractivity contribution in [2.75, 3.05) is 0 Å². The maximum Gasteiger partial charge on any atom is 0.338 e. The summed E-state index contributed by atoms with van der Waals surface area (Å²) in [5.41, 5.74) is 1.64. The van der Waals surface area contributed by atoms with E-state index in [1.165, 1.54) is 0 Å². The molecule has 4 heteroatoms. The summed E-state index contributed by atoms with van der Waals surface area (Å²) in [5, 5.41) is 9.10. The van der Waals surface area contributed by atoms with E-state index in [1.807, 2.05) is 30.3 Å². The highest BCUT2D eigenvalue weighted by molar-refractivity contribution is 5.93. The van der Waals surface area contributed by atoms with Crippen molar-refractivity contribution in [2.45, 2.75) is 19.4 Å². The molecule has 0 aliphatic carbocycles. The van der Waals surface area contributed by atoms with Crippen LogP contribution < -0.4 is 0 Å². The van der Waals surface area contributed by atoms with E-state index in [1.54, 1.807) is 31.2 Å². The standard InChI is InChI=1S/C17H16O4/c1-12(16(18)19)14-9-5-6-10-15(14)17(20)21-11-13-7-3-2-4-8-13/h2-10,12H,11H2,1H3,(H,18,19). The van der Waals surface area contributed by atoms with Gasteiger partial charge in [-0.3, -0.25) is 4.79 Å². The van der Waals surface area contributed by atoms with Gasteiger partial charge in [-0.2, -0.15) is 0 Å². The fraction of sp³-hybridized carbons (Fsp3) is 0.176. The molecule has 2 aromatic carbocycles. The van der Waals surface area contributed by atoms with E-state index in [9.17, 15) is 9.59 Å². The van der Waals surface area contributed by atoms with Crippen LogP contribution in [0.5, 0.6) is 0 Å². The third kappa shape index (κ3) is 3.69. The minimum Gasteiger partial charge on any atom is -0.481 e. The smallest absolute Gasteiger partial charge is 0.338 e. The number of benzene rings is 2. The van der Waals surface area contributed by atoms with Crippen LogP contribution >= 0.6 is 0 Å². The van der Waals surface area contributed by atoms with Gasteiger partial charge in [0, 0.05) is 0 Å². The summed E-state index contributed by atoms with van der Waals surface area (Å²) in [6.07, 6.45) is 0. The van der Waals surface area contributed by atoms with E-state index in [0.29, 0.717) is 11.1 Å². The molecule has 0 aliphatic heterocycles. The Morgan fingerprint density at radius 3 is 2.33 bits per heavy atom. The zero-order valence-electron chi connectivity index (χ0n) is 11.7. The molecular weight excluding hydrogens is 268 g/mol. The van der Waals surface area contributed by atoms with Crippen molar-refractivity contribution >= 4 is 11.9 Å². The molecule has 2 rings (SSSR count). The second kappa shape index (κ2) is 6.70. The van der Waals surface area contributed by atoms with Crippen molar-refractivity contribution in [3.8, 4) is 0 Å². The fourth-order valence-corrected chi connectivity index (χ4v) is 1.99. The Morgan fingerprint density at radius 1 is 1.05 bits per heavy atom. The summed E-state index contributed by atoms with van der Waals surface area (Å²) in [5.74, 6) is -2.24. The number of carbonyl (C=O) groups excluding carboxylic acids is 1. The minimum atomic E-state index is -0.974. The van der Waals surface area contributed by atoms with Gasteiger partial charge in [-0.1, -0.05) is 48.5 Å². The van der Waals surface area contributed by atoms with E-state index in [-0.39, 0.29) is 6.61 Å². The van der Waals surface area contributed by atoms with Crippen molar-refractivity contribution in [2.24, 2.45) is 0 Å². The first-order chi connectivity index (χ1) is 10.1. The number of aliphatic carboxylic acids is 1. The van der Waals surface area contributed by atoms with Crippen molar-refractivity contribution in [1.29, 1.82) is 0 Å². The van der Waals surface area contributed by atoms with Gasteiger partial charge in [0.25, 0.3) is 0 Å². The van der Waals surface area contributed by atoms with Gasteiger partial charge in [0.05, 0.1) is 11.5 Å². The zero-order chi connectivity index (χ0) is 15.2. The molecule has 0 fully saturated rings. The number of ether oxygens (including phenoxy) is 1. The Hall–Kier alpha value is -2.62. The molecule has 0 saturated heterocycles. The molecule has 0 bridgehead atoms. The van der Waals surface area contributed by atoms with Gasteiger partial charge < -0.3 is 9.84 Å². The molecule has 1 atom stereocenters. The molecular formula is C17H16O4. The molecule has 1 N–H and O–H groups in total. The fourth-order valence-electron chi connectivity index (χ4n) is 1.99. The largest absolute Gasteiger partial charge is 0.481 e. The minimum absolute atomic E-state index is 0.162. The Bertz CT molecular complexity index is 634. The second-order valence-corrected chi connectivity index (χ2v) is 4.71. The summed E-state index contributed by atoms with van der Waals surface area (Å²) in [6.45, 7) is 1.71. The second-order valence-electron chi connectivity index (χ2n) is 4.71. The molecule has 0 saturated carbocycles. The number of hydrogen-bond donors (Lipinski definition) is 1. The van der Waals surface area contributed by atoms with Crippen LogP contribution in [0.4, 0.5) is 0 Å². The van der Waals surface area contributed by atoms with Crippen LogP contribution in [0.3, 0.4) is 0 Å². The van der Waals surface area contributed by atoms with Crippen LogP contribution in [0.25, 0.3) is 0 Å². The Kier molecular flexibility index (Phi) is 4.72. The number of carboxylic acids is 1. The van der Waals surface area contributed by atoms with Gasteiger partial charge >= 0.3 is 11.9 Å². The SMILES string of the molecule is CC(C(=O)O)c1ccccc1C(=O)OCc1ccccc1. The van der Waals surface area contributed by atoms with Gasteiger partial charge in [-0.15, -0.1) is 0 Å². The highest BCUT2D eigenvalue weighted by Crippen LogP contribution is 2.21. The third-order valence-corrected chi connectivity index (χ3v) is 3.23. The highest BCUT2D eigenvalue weighted by atomic mass is 16.5. The van der Waals surface area contributed by atoms with E-state index in [4.69, 9.17) is 9.84 Å². The summed E-state index contributed by atoms with van der Waals surface area (Å²) in [6, 6.07) is 16.0.